The van der Waals surface area contributed by atoms with Gasteiger partial charge in [0.2, 0.25) is 5.91 Å². The Kier molecular flexibility index (Phi) is 7.72. The first-order valence-electron chi connectivity index (χ1n) is 7.68. The van der Waals surface area contributed by atoms with Crippen molar-refractivity contribution in [2.45, 2.75) is 37.9 Å². The topological polar surface area (TPSA) is 76.8 Å². The Morgan fingerprint density at radius 2 is 2.04 bits per heavy atom. The molecule has 2 aromatic rings. The van der Waals surface area contributed by atoms with Crippen LogP contribution in [0.25, 0.3) is 0 Å². The number of hydrogen-bond donors (Lipinski definition) is 2. The van der Waals surface area contributed by atoms with Gasteiger partial charge in [0, 0.05) is 37.4 Å². The van der Waals surface area contributed by atoms with Gasteiger partial charge in [-0.1, -0.05) is 0 Å². The van der Waals surface area contributed by atoms with Gasteiger partial charge in [-0.2, -0.15) is 5.10 Å². The number of nitrogens with zero attached hydrogens (tertiary/aromatic N) is 4. The normalized spacial score (nSPS) is 17.2. The molecule has 7 nitrogen and oxygen atoms in total. The molecule has 9 heteroatoms. The zero-order valence-electron chi connectivity index (χ0n) is 13.6. The van der Waals surface area contributed by atoms with E-state index in [2.05, 4.69) is 20.7 Å². The first kappa shape index (κ1) is 20.5. The number of aromatic nitrogens is 4. The van der Waals surface area contributed by atoms with Gasteiger partial charge in [-0.3, -0.25) is 9.48 Å². The predicted molar refractivity (Wildman–Crippen MR) is 96.6 cm³/mol. The second kappa shape index (κ2) is 9.05. The predicted octanol–water partition coefficient (Wildman–Crippen LogP) is 1.21. The van der Waals surface area contributed by atoms with Crippen LogP contribution in [0, 0.1) is 0 Å². The van der Waals surface area contributed by atoms with E-state index in [1.54, 1.807) is 18.7 Å². The summed E-state index contributed by atoms with van der Waals surface area (Å²) in [7, 11) is 0. The Hall–Kier alpha value is -1.57. The average molecular weight is 375 g/mol. The lowest BCUT2D eigenvalue weighted by Crippen LogP contribution is -2.56. The number of nitrogens with one attached hydrogen (secondary N) is 2. The summed E-state index contributed by atoms with van der Waals surface area (Å²) in [5, 5.41) is 10.8. The van der Waals surface area contributed by atoms with Gasteiger partial charge in [0.15, 0.2) is 0 Å². The van der Waals surface area contributed by atoms with Crippen LogP contribution in [0.2, 0.25) is 0 Å². The van der Waals surface area contributed by atoms with Crippen molar-refractivity contribution in [2.24, 2.45) is 0 Å². The molecule has 2 N–H and O–H groups in total. The van der Waals surface area contributed by atoms with E-state index in [0.29, 0.717) is 6.54 Å². The standard InChI is InChI=1S/C15H22N6O.2ClH/c1-13(11-20-10-8-17-12-20)19-14(22)15(3-6-16-7-4-15)21-9-2-5-18-21;;/h2,5,8-10,12-13,16H,3-4,6-7,11H2,1H3,(H,19,22);2*1H. The molecule has 0 spiro atoms. The second-order valence-electron chi connectivity index (χ2n) is 5.87. The summed E-state index contributed by atoms with van der Waals surface area (Å²) in [4.78, 5) is 17.0. The van der Waals surface area contributed by atoms with Gasteiger partial charge in [0.1, 0.15) is 5.54 Å². The minimum Gasteiger partial charge on any atom is -0.350 e. The lowest BCUT2D eigenvalue weighted by atomic mass is 9.87. The molecule has 1 saturated heterocycles. The SMILES string of the molecule is CC(Cn1ccnc1)NC(=O)C1(n2cccn2)CCNCC1.Cl.Cl. The smallest absolute Gasteiger partial charge is 0.248 e. The van der Waals surface area contributed by atoms with Crippen molar-refractivity contribution in [3.8, 4) is 0 Å². The molecule has 24 heavy (non-hydrogen) atoms. The van der Waals surface area contributed by atoms with Crippen molar-refractivity contribution >= 4 is 30.7 Å². The molecule has 0 aliphatic carbocycles. The van der Waals surface area contributed by atoms with Crippen molar-refractivity contribution in [1.29, 1.82) is 0 Å². The molecular formula is C15H24Cl2N6O. The molecule has 1 aliphatic heterocycles. The number of piperidine rings is 1. The van der Waals surface area contributed by atoms with Gasteiger partial charge >= 0.3 is 0 Å². The van der Waals surface area contributed by atoms with Crippen LogP contribution in [0.15, 0.2) is 37.2 Å². The van der Waals surface area contributed by atoms with E-state index in [1.165, 1.54) is 0 Å². The van der Waals surface area contributed by atoms with Crippen molar-refractivity contribution in [1.82, 2.24) is 30.0 Å². The summed E-state index contributed by atoms with van der Waals surface area (Å²) in [6.45, 7) is 4.36. The van der Waals surface area contributed by atoms with E-state index in [9.17, 15) is 4.79 Å². The van der Waals surface area contributed by atoms with Crippen molar-refractivity contribution in [2.75, 3.05) is 13.1 Å². The summed E-state index contributed by atoms with van der Waals surface area (Å²) >= 11 is 0. The van der Waals surface area contributed by atoms with E-state index in [4.69, 9.17) is 0 Å². The molecule has 1 amide bonds. The number of hydrogen-bond acceptors (Lipinski definition) is 4. The largest absolute Gasteiger partial charge is 0.350 e. The van der Waals surface area contributed by atoms with Crippen molar-refractivity contribution in [3.05, 3.63) is 37.2 Å². The number of imidazole rings is 1. The van der Waals surface area contributed by atoms with Crippen LogP contribution in [0.4, 0.5) is 0 Å². The van der Waals surface area contributed by atoms with Gasteiger partial charge in [0.05, 0.1) is 6.33 Å². The van der Waals surface area contributed by atoms with E-state index in [0.717, 1.165) is 25.9 Å². The quantitative estimate of drug-likeness (QED) is 0.824. The average Bonchev–Trinajstić information content (AvgIpc) is 3.21. The molecule has 2 aromatic heterocycles. The molecule has 0 bridgehead atoms. The number of rotatable bonds is 5. The van der Waals surface area contributed by atoms with Gasteiger partial charge in [0.25, 0.3) is 0 Å². The maximum absolute atomic E-state index is 12.9. The zero-order chi connectivity index (χ0) is 15.4. The van der Waals surface area contributed by atoms with Crippen LogP contribution in [-0.2, 0) is 16.9 Å². The van der Waals surface area contributed by atoms with E-state index in [-0.39, 0.29) is 36.8 Å². The lowest BCUT2D eigenvalue weighted by Gasteiger charge is -2.37. The molecular weight excluding hydrogens is 351 g/mol. The highest BCUT2D eigenvalue weighted by molar-refractivity contribution is 5.86. The third kappa shape index (κ3) is 4.28. The third-order valence-corrected chi connectivity index (χ3v) is 4.22. The Balaban J connectivity index is 0.00000144. The minimum atomic E-state index is -0.585. The van der Waals surface area contributed by atoms with Gasteiger partial charge in [-0.25, -0.2) is 4.98 Å². The maximum atomic E-state index is 12.9. The lowest BCUT2D eigenvalue weighted by molar-refractivity contribution is -0.132. The van der Waals surface area contributed by atoms with Gasteiger partial charge < -0.3 is 15.2 Å². The second-order valence-corrected chi connectivity index (χ2v) is 5.87. The first-order valence-corrected chi connectivity index (χ1v) is 7.68. The molecule has 1 aliphatic rings. The molecule has 0 radical (unpaired) electrons. The molecule has 0 aromatic carbocycles. The molecule has 0 saturated carbocycles. The highest BCUT2D eigenvalue weighted by Gasteiger charge is 2.42. The summed E-state index contributed by atoms with van der Waals surface area (Å²) in [6, 6.07) is 1.90. The summed E-state index contributed by atoms with van der Waals surface area (Å²) < 4.78 is 3.78. The van der Waals surface area contributed by atoms with Gasteiger partial charge in [-0.05, 0) is 38.9 Å². The summed E-state index contributed by atoms with van der Waals surface area (Å²) in [5.74, 6) is 0.0466. The van der Waals surface area contributed by atoms with Crippen LogP contribution >= 0.6 is 24.8 Å². The zero-order valence-corrected chi connectivity index (χ0v) is 15.2. The van der Waals surface area contributed by atoms with Gasteiger partial charge in [-0.15, -0.1) is 24.8 Å². The van der Waals surface area contributed by atoms with E-state index in [1.807, 2.05) is 34.6 Å². The van der Waals surface area contributed by atoms with Crippen LogP contribution < -0.4 is 10.6 Å². The fourth-order valence-electron chi connectivity index (χ4n) is 3.04. The number of carbonyl (C=O) groups excluding carboxylic acids is 1. The molecule has 3 heterocycles. The van der Waals surface area contributed by atoms with E-state index >= 15 is 0 Å². The van der Waals surface area contributed by atoms with Crippen molar-refractivity contribution in [3.63, 3.8) is 0 Å². The first-order chi connectivity index (χ1) is 10.7. The number of amides is 1. The van der Waals surface area contributed by atoms with Crippen molar-refractivity contribution < 1.29 is 4.79 Å². The fraction of sp³-hybridized carbons (Fsp3) is 0.533. The Labute approximate surface area is 154 Å². The molecule has 134 valence electrons. The fourth-order valence-corrected chi connectivity index (χ4v) is 3.04. The van der Waals surface area contributed by atoms with Crippen LogP contribution in [-0.4, -0.2) is 44.4 Å². The van der Waals surface area contributed by atoms with Crippen LogP contribution in [0.5, 0.6) is 0 Å². The third-order valence-electron chi connectivity index (χ3n) is 4.22. The Morgan fingerprint density at radius 3 is 2.62 bits per heavy atom. The Morgan fingerprint density at radius 1 is 1.29 bits per heavy atom. The molecule has 1 atom stereocenters. The highest BCUT2D eigenvalue weighted by Crippen LogP contribution is 2.27. The summed E-state index contributed by atoms with van der Waals surface area (Å²) in [6.07, 6.45) is 10.5. The molecule has 1 unspecified atom stereocenters. The molecule has 1 fully saturated rings. The van der Waals surface area contributed by atoms with Crippen LogP contribution in [0.3, 0.4) is 0 Å². The van der Waals surface area contributed by atoms with E-state index < -0.39 is 5.54 Å². The van der Waals surface area contributed by atoms with Crippen LogP contribution in [0.1, 0.15) is 19.8 Å². The number of halogens is 2. The highest BCUT2D eigenvalue weighted by atomic mass is 35.5. The number of carbonyl (C=O) groups is 1. The minimum absolute atomic E-state index is 0. The maximum Gasteiger partial charge on any atom is 0.248 e. The summed E-state index contributed by atoms with van der Waals surface area (Å²) in [5.41, 5.74) is -0.585. The molecule has 3 rings (SSSR count). The monoisotopic (exact) mass is 374 g/mol. The Bertz CT molecular complexity index is 596.